The number of pyridine rings is 1. The molecule has 0 spiro atoms. The monoisotopic (exact) mass is 276 g/mol. The largest absolute Gasteiger partial charge is 0.331 e. The van der Waals surface area contributed by atoms with Gasteiger partial charge in [0.1, 0.15) is 0 Å². The highest BCUT2D eigenvalue weighted by molar-refractivity contribution is 5.73. The van der Waals surface area contributed by atoms with Crippen LogP contribution in [0.5, 0.6) is 0 Å². The summed E-state index contributed by atoms with van der Waals surface area (Å²) in [4.78, 5) is 22.0. The van der Waals surface area contributed by atoms with Crippen LogP contribution in [0.1, 0.15) is 18.4 Å². The molecule has 0 bridgehead atoms. The van der Waals surface area contributed by atoms with Gasteiger partial charge < -0.3 is 9.80 Å². The van der Waals surface area contributed by atoms with Crippen LogP contribution < -0.4 is 0 Å². The highest BCUT2D eigenvalue weighted by Crippen LogP contribution is 2.17. The first-order valence-electron chi connectivity index (χ1n) is 7.13. The molecule has 1 aromatic heterocycles. The first-order chi connectivity index (χ1) is 9.58. The molecule has 2 amide bonds. The molecule has 20 heavy (non-hydrogen) atoms. The van der Waals surface area contributed by atoms with Gasteiger partial charge in [-0.15, -0.1) is 0 Å². The van der Waals surface area contributed by atoms with Gasteiger partial charge in [0.2, 0.25) is 0 Å². The average Bonchev–Trinajstić information content (AvgIpc) is 2.47. The van der Waals surface area contributed by atoms with Crippen LogP contribution in [0, 0.1) is 0 Å². The lowest BCUT2D eigenvalue weighted by atomic mass is 10.0. The van der Waals surface area contributed by atoms with Gasteiger partial charge in [-0.1, -0.05) is 0 Å². The summed E-state index contributed by atoms with van der Waals surface area (Å²) in [5.74, 6) is 0. The molecule has 0 aromatic carbocycles. The van der Waals surface area contributed by atoms with Crippen molar-refractivity contribution in [3.8, 4) is 0 Å². The molecule has 2 rings (SSSR count). The fourth-order valence-corrected chi connectivity index (χ4v) is 2.71. The van der Waals surface area contributed by atoms with Gasteiger partial charge in [-0.3, -0.25) is 9.88 Å². The Morgan fingerprint density at radius 2 is 2.05 bits per heavy atom. The third-order valence-electron chi connectivity index (χ3n) is 3.87. The van der Waals surface area contributed by atoms with Crippen LogP contribution in [0.15, 0.2) is 24.5 Å². The van der Waals surface area contributed by atoms with Gasteiger partial charge in [0, 0.05) is 52.7 Å². The Hall–Kier alpha value is -1.62. The van der Waals surface area contributed by atoms with Crippen molar-refractivity contribution in [2.75, 3.05) is 34.2 Å². The van der Waals surface area contributed by atoms with E-state index in [9.17, 15) is 4.79 Å². The summed E-state index contributed by atoms with van der Waals surface area (Å²) in [5.41, 5.74) is 1.28. The van der Waals surface area contributed by atoms with Crippen molar-refractivity contribution in [1.29, 1.82) is 0 Å². The minimum Gasteiger partial charge on any atom is -0.331 e. The van der Waals surface area contributed by atoms with Gasteiger partial charge in [0.15, 0.2) is 0 Å². The number of likely N-dealkylation sites (N-methyl/N-ethyl adjacent to an activating group) is 1. The molecule has 5 nitrogen and oxygen atoms in total. The molecule has 0 radical (unpaired) electrons. The maximum absolute atomic E-state index is 12.0. The molecule has 5 heteroatoms. The number of urea groups is 1. The molecule has 1 atom stereocenters. The third-order valence-corrected chi connectivity index (χ3v) is 3.87. The SMILES string of the molecule is CN(C)C(=O)N(C)C1CCCN(Cc2ccncc2)C1. The van der Waals surface area contributed by atoms with Crippen molar-refractivity contribution < 1.29 is 4.79 Å². The fraction of sp³-hybridized carbons (Fsp3) is 0.600. The molecule has 0 aliphatic carbocycles. The van der Waals surface area contributed by atoms with Crippen LogP contribution in [-0.4, -0.2) is 66.0 Å². The van der Waals surface area contributed by atoms with Crippen LogP contribution in [-0.2, 0) is 6.54 Å². The molecule has 0 N–H and O–H groups in total. The average molecular weight is 276 g/mol. The summed E-state index contributed by atoms with van der Waals surface area (Å²) in [6.45, 7) is 2.98. The maximum Gasteiger partial charge on any atom is 0.319 e. The minimum absolute atomic E-state index is 0.0840. The van der Waals surface area contributed by atoms with Crippen LogP contribution >= 0.6 is 0 Å². The van der Waals surface area contributed by atoms with Gasteiger partial charge in [0.05, 0.1) is 0 Å². The molecular formula is C15H24N4O. The lowest BCUT2D eigenvalue weighted by Crippen LogP contribution is -2.50. The molecule has 1 aliphatic rings. The Morgan fingerprint density at radius 3 is 2.70 bits per heavy atom. The van der Waals surface area contributed by atoms with E-state index in [1.54, 1.807) is 19.0 Å². The highest BCUT2D eigenvalue weighted by Gasteiger charge is 2.26. The highest BCUT2D eigenvalue weighted by atomic mass is 16.2. The predicted molar refractivity (Wildman–Crippen MR) is 79.4 cm³/mol. The Bertz CT molecular complexity index is 435. The number of piperidine rings is 1. The van der Waals surface area contributed by atoms with Crippen molar-refractivity contribution in [3.05, 3.63) is 30.1 Å². The molecule has 0 saturated carbocycles. The van der Waals surface area contributed by atoms with Crippen LogP contribution in [0.3, 0.4) is 0 Å². The van der Waals surface area contributed by atoms with E-state index in [0.717, 1.165) is 32.5 Å². The Balaban J connectivity index is 1.93. The number of hydrogen-bond acceptors (Lipinski definition) is 3. The molecule has 1 unspecified atom stereocenters. The van der Waals surface area contributed by atoms with E-state index in [2.05, 4.69) is 22.0 Å². The lowest BCUT2D eigenvalue weighted by molar-refractivity contribution is 0.109. The summed E-state index contributed by atoms with van der Waals surface area (Å²) in [5, 5.41) is 0. The predicted octanol–water partition coefficient (Wildman–Crippen LogP) is 1.66. The zero-order valence-corrected chi connectivity index (χ0v) is 12.6. The number of likely N-dealkylation sites (tertiary alicyclic amines) is 1. The van der Waals surface area contributed by atoms with E-state index >= 15 is 0 Å². The van der Waals surface area contributed by atoms with Crippen molar-refractivity contribution in [2.24, 2.45) is 0 Å². The first kappa shape index (κ1) is 14.8. The minimum atomic E-state index is 0.0840. The summed E-state index contributed by atoms with van der Waals surface area (Å²) in [7, 11) is 5.51. The van der Waals surface area contributed by atoms with Crippen LogP contribution in [0.2, 0.25) is 0 Å². The second-order valence-electron chi connectivity index (χ2n) is 5.67. The molecule has 110 valence electrons. The molecule has 1 fully saturated rings. The molecule has 1 saturated heterocycles. The zero-order chi connectivity index (χ0) is 14.5. The number of carbonyl (C=O) groups is 1. The zero-order valence-electron chi connectivity index (χ0n) is 12.6. The third kappa shape index (κ3) is 3.70. The topological polar surface area (TPSA) is 39.7 Å². The van der Waals surface area contributed by atoms with E-state index in [1.165, 1.54) is 5.56 Å². The lowest BCUT2D eigenvalue weighted by Gasteiger charge is -2.38. The summed E-state index contributed by atoms with van der Waals surface area (Å²) in [6, 6.07) is 4.50. The molecular weight excluding hydrogens is 252 g/mol. The number of hydrogen-bond donors (Lipinski definition) is 0. The smallest absolute Gasteiger partial charge is 0.319 e. The Kier molecular flexibility index (Phi) is 4.95. The Morgan fingerprint density at radius 1 is 1.35 bits per heavy atom. The summed E-state index contributed by atoms with van der Waals surface area (Å²) >= 11 is 0. The number of amides is 2. The summed E-state index contributed by atoms with van der Waals surface area (Å²) < 4.78 is 0. The van der Waals surface area contributed by atoms with E-state index in [1.807, 2.05) is 24.3 Å². The number of carbonyl (C=O) groups excluding carboxylic acids is 1. The van der Waals surface area contributed by atoms with Gasteiger partial charge in [-0.25, -0.2) is 4.79 Å². The van der Waals surface area contributed by atoms with E-state index in [-0.39, 0.29) is 6.03 Å². The molecule has 1 aromatic rings. The Labute approximate surface area is 121 Å². The normalized spacial score (nSPS) is 19.6. The second-order valence-corrected chi connectivity index (χ2v) is 5.67. The number of aromatic nitrogens is 1. The van der Waals surface area contributed by atoms with Gasteiger partial charge in [0.25, 0.3) is 0 Å². The standard InChI is InChI=1S/C15H24N4O/c1-17(2)15(20)18(3)14-5-4-10-19(12-14)11-13-6-8-16-9-7-13/h6-9,14H,4-5,10-12H2,1-3H3. The molecule has 2 heterocycles. The number of nitrogens with zero attached hydrogens (tertiary/aromatic N) is 4. The van der Waals surface area contributed by atoms with Crippen LogP contribution in [0.4, 0.5) is 4.79 Å². The first-order valence-corrected chi connectivity index (χ1v) is 7.13. The fourth-order valence-electron chi connectivity index (χ4n) is 2.71. The van der Waals surface area contributed by atoms with Gasteiger partial charge in [-0.2, -0.15) is 0 Å². The molecule has 1 aliphatic heterocycles. The van der Waals surface area contributed by atoms with Gasteiger partial charge >= 0.3 is 6.03 Å². The van der Waals surface area contributed by atoms with Crippen molar-refractivity contribution in [2.45, 2.75) is 25.4 Å². The van der Waals surface area contributed by atoms with Crippen molar-refractivity contribution in [1.82, 2.24) is 19.7 Å². The van der Waals surface area contributed by atoms with Crippen molar-refractivity contribution in [3.63, 3.8) is 0 Å². The number of rotatable bonds is 3. The van der Waals surface area contributed by atoms with E-state index < -0.39 is 0 Å². The van der Waals surface area contributed by atoms with Crippen LogP contribution in [0.25, 0.3) is 0 Å². The van der Waals surface area contributed by atoms with Crippen molar-refractivity contribution >= 4 is 6.03 Å². The van der Waals surface area contributed by atoms with E-state index in [0.29, 0.717) is 6.04 Å². The second kappa shape index (κ2) is 6.70. The maximum atomic E-state index is 12.0. The van der Waals surface area contributed by atoms with E-state index in [4.69, 9.17) is 0 Å². The van der Waals surface area contributed by atoms with Gasteiger partial charge in [-0.05, 0) is 37.1 Å². The summed E-state index contributed by atoms with van der Waals surface area (Å²) in [6.07, 6.45) is 5.89. The quantitative estimate of drug-likeness (QED) is 0.843.